The highest BCUT2D eigenvalue weighted by Gasteiger charge is 2.13. The number of halogens is 1. The number of benzene rings is 1. The van der Waals surface area contributed by atoms with E-state index in [4.69, 9.17) is 9.88 Å². The fourth-order valence-electron chi connectivity index (χ4n) is 1.22. The molecule has 15 heavy (non-hydrogen) atoms. The van der Waals surface area contributed by atoms with E-state index in [-0.39, 0.29) is 5.56 Å². The van der Waals surface area contributed by atoms with E-state index < -0.39 is 21.6 Å². The number of ether oxygens (including phenoxy) is 1. The van der Waals surface area contributed by atoms with Crippen molar-refractivity contribution in [2.75, 3.05) is 7.11 Å². The summed E-state index contributed by atoms with van der Waals surface area (Å²) in [6.07, 6.45) is 0. The smallest absolute Gasteiger partial charge is 0.213 e. The van der Waals surface area contributed by atoms with Crippen LogP contribution in [0.1, 0.15) is 11.1 Å². The van der Waals surface area contributed by atoms with E-state index >= 15 is 0 Å². The van der Waals surface area contributed by atoms with E-state index in [1.165, 1.54) is 13.2 Å². The molecule has 0 aliphatic heterocycles. The third-order valence-corrected chi connectivity index (χ3v) is 2.63. The van der Waals surface area contributed by atoms with Crippen LogP contribution in [0.5, 0.6) is 5.75 Å². The van der Waals surface area contributed by atoms with E-state index in [0.29, 0.717) is 11.3 Å². The molecule has 0 unspecified atom stereocenters. The Labute approximate surface area is 87.9 Å². The Kier molecular flexibility index (Phi) is 3.31. The molecule has 0 saturated carbocycles. The SMILES string of the molecule is COc1cc(C)c(F)cc1CS(N)(=O)=O. The molecular weight excluding hydrogens is 221 g/mol. The lowest BCUT2D eigenvalue weighted by atomic mass is 10.1. The summed E-state index contributed by atoms with van der Waals surface area (Å²) < 4.78 is 39.8. The van der Waals surface area contributed by atoms with Gasteiger partial charge in [0.25, 0.3) is 0 Å². The van der Waals surface area contributed by atoms with Crippen LogP contribution in [-0.2, 0) is 15.8 Å². The third-order valence-electron chi connectivity index (χ3n) is 1.92. The molecule has 0 heterocycles. The molecule has 0 aliphatic carbocycles. The predicted molar refractivity (Wildman–Crippen MR) is 54.5 cm³/mol. The zero-order chi connectivity index (χ0) is 11.6. The number of nitrogens with two attached hydrogens (primary N) is 1. The number of aryl methyl sites for hydroxylation is 1. The van der Waals surface area contributed by atoms with Gasteiger partial charge in [0.2, 0.25) is 10.0 Å². The van der Waals surface area contributed by atoms with Gasteiger partial charge in [-0.15, -0.1) is 0 Å². The van der Waals surface area contributed by atoms with Crippen LogP contribution in [0.2, 0.25) is 0 Å². The molecule has 0 atom stereocenters. The minimum Gasteiger partial charge on any atom is -0.496 e. The molecule has 0 amide bonds. The lowest BCUT2D eigenvalue weighted by Crippen LogP contribution is -2.15. The van der Waals surface area contributed by atoms with Crippen LogP contribution in [0.3, 0.4) is 0 Å². The highest BCUT2D eigenvalue weighted by atomic mass is 32.2. The molecule has 0 aliphatic rings. The normalized spacial score (nSPS) is 11.5. The van der Waals surface area contributed by atoms with Gasteiger partial charge in [-0.2, -0.15) is 0 Å². The van der Waals surface area contributed by atoms with Gasteiger partial charge in [-0.25, -0.2) is 17.9 Å². The Hall–Kier alpha value is -1.14. The van der Waals surface area contributed by atoms with Gasteiger partial charge in [-0.3, -0.25) is 0 Å². The Morgan fingerprint density at radius 2 is 2.07 bits per heavy atom. The van der Waals surface area contributed by atoms with Crippen molar-refractivity contribution >= 4 is 10.0 Å². The number of rotatable bonds is 3. The fraction of sp³-hybridized carbons (Fsp3) is 0.333. The van der Waals surface area contributed by atoms with Gasteiger partial charge < -0.3 is 4.74 Å². The number of hydrogen-bond donors (Lipinski definition) is 1. The first kappa shape index (κ1) is 11.9. The maximum atomic E-state index is 13.2. The molecule has 1 aromatic rings. The zero-order valence-corrected chi connectivity index (χ0v) is 9.27. The monoisotopic (exact) mass is 233 g/mol. The van der Waals surface area contributed by atoms with Crippen LogP contribution >= 0.6 is 0 Å². The van der Waals surface area contributed by atoms with Crippen LogP contribution in [0.15, 0.2) is 12.1 Å². The van der Waals surface area contributed by atoms with Gasteiger partial charge in [0.05, 0.1) is 12.9 Å². The predicted octanol–water partition coefficient (Wildman–Crippen LogP) is 0.931. The van der Waals surface area contributed by atoms with E-state index in [9.17, 15) is 12.8 Å². The summed E-state index contributed by atoms with van der Waals surface area (Å²) in [6.45, 7) is 1.57. The number of hydrogen-bond acceptors (Lipinski definition) is 3. The first-order valence-electron chi connectivity index (χ1n) is 4.17. The van der Waals surface area contributed by atoms with Crippen molar-refractivity contribution in [1.82, 2.24) is 0 Å². The summed E-state index contributed by atoms with van der Waals surface area (Å²) in [5.41, 5.74) is 0.619. The average Bonchev–Trinajstić information content (AvgIpc) is 2.08. The summed E-state index contributed by atoms with van der Waals surface area (Å²) in [5, 5.41) is 4.87. The molecule has 2 N–H and O–H groups in total. The summed E-state index contributed by atoms with van der Waals surface area (Å²) in [4.78, 5) is 0. The quantitative estimate of drug-likeness (QED) is 0.844. The summed E-state index contributed by atoms with van der Waals surface area (Å²) in [5.74, 6) is -0.592. The van der Waals surface area contributed by atoms with Crippen LogP contribution in [-0.4, -0.2) is 15.5 Å². The van der Waals surface area contributed by atoms with Crippen LogP contribution in [0.4, 0.5) is 4.39 Å². The maximum Gasteiger partial charge on any atom is 0.213 e. The van der Waals surface area contributed by atoms with Crippen molar-refractivity contribution in [1.29, 1.82) is 0 Å². The zero-order valence-electron chi connectivity index (χ0n) is 8.45. The van der Waals surface area contributed by atoms with Crippen molar-refractivity contribution in [2.24, 2.45) is 5.14 Å². The van der Waals surface area contributed by atoms with Crippen molar-refractivity contribution in [3.05, 3.63) is 29.1 Å². The maximum absolute atomic E-state index is 13.2. The molecule has 0 fully saturated rings. The van der Waals surface area contributed by atoms with E-state index in [0.717, 1.165) is 6.07 Å². The van der Waals surface area contributed by atoms with Gasteiger partial charge in [0, 0.05) is 5.56 Å². The minimum absolute atomic E-state index is 0.225. The average molecular weight is 233 g/mol. The molecule has 0 saturated heterocycles. The third kappa shape index (κ3) is 3.17. The van der Waals surface area contributed by atoms with Gasteiger partial charge in [-0.1, -0.05) is 0 Å². The van der Waals surface area contributed by atoms with Crippen molar-refractivity contribution < 1.29 is 17.5 Å². The highest BCUT2D eigenvalue weighted by Crippen LogP contribution is 2.23. The Balaban J connectivity index is 3.22. The van der Waals surface area contributed by atoms with E-state index in [1.807, 2.05) is 0 Å². The topological polar surface area (TPSA) is 69.4 Å². The number of primary sulfonamides is 1. The minimum atomic E-state index is -3.69. The first-order chi connectivity index (χ1) is 6.83. The summed E-state index contributed by atoms with van der Waals surface area (Å²) >= 11 is 0. The van der Waals surface area contributed by atoms with Crippen LogP contribution in [0, 0.1) is 12.7 Å². The van der Waals surface area contributed by atoms with Gasteiger partial charge in [0.15, 0.2) is 0 Å². The second-order valence-electron chi connectivity index (χ2n) is 3.22. The number of methoxy groups -OCH3 is 1. The van der Waals surface area contributed by atoms with Crippen molar-refractivity contribution in [3.8, 4) is 5.75 Å². The van der Waals surface area contributed by atoms with Gasteiger partial charge in [0.1, 0.15) is 11.6 Å². The molecule has 4 nitrogen and oxygen atoms in total. The Morgan fingerprint density at radius 3 is 2.53 bits per heavy atom. The first-order valence-corrected chi connectivity index (χ1v) is 5.88. The van der Waals surface area contributed by atoms with Gasteiger partial charge in [-0.05, 0) is 24.6 Å². The second-order valence-corrected chi connectivity index (χ2v) is 4.83. The molecule has 0 radical (unpaired) electrons. The molecule has 1 aromatic carbocycles. The second kappa shape index (κ2) is 4.16. The highest BCUT2D eigenvalue weighted by molar-refractivity contribution is 7.88. The summed E-state index contributed by atoms with van der Waals surface area (Å²) in [6, 6.07) is 2.56. The fourth-order valence-corrected chi connectivity index (χ4v) is 1.87. The van der Waals surface area contributed by atoms with Crippen molar-refractivity contribution in [3.63, 3.8) is 0 Å². The lowest BCUT2D eigenvalue weighted by Gasteiger charge is -2.09. The van der Waals surface area contributed by atoms with E-state index in [2.05, 4.69) is 0 Å². The Morgan fingerprint density at radius 1 is 1.47 bits per heavy atom. The Bertz CT molecular complexity index is 470. The van der Waals surface area contributed by atoms with Crippen LogP contribution < -0.4 is 9.88 Å². The standard InChI is InChI=1S/C9H12FNO3S/c1-6-3-9(14-2)7(4-8(6)10)5-15(11,12)13/h3-4H,5H2,1-2H3,(H2,11,12,13). The summed E-state index contributed by atoms with van der Waals surface area (Å²) in [7, 11) is -2.30. The largest absolute Gasteiger partial charge is 0.496 e. The van der Waals surface area contributed by atoms with E-state index in [1.54, 1.807) is 6.92 Å². The molecule has 1 rings (SSSR count). The molecule has 84 valence electrons. The molecule has 6 heteroatoms. The molecule has 0 aromatic heterocycles. The van der Waals surface area contributed by atoms with Crippen molar-refractivity contribution in [2.45, 2.75) is 12.7 Å². The number of sulfonamides is 1. The van der Waals surface area contributed by atoms with Crippen LogP contribution in [0.25, 0.3) is 0 Å². The van der Waals surface area contributed by atoms with Gasteiger partial charge >= 0.3 is 0 Å². The molecule has 0 spiro atoms. The molecule has 0 bridgehead atoms. The molecular formula is C9H12FNO3S. The lowest BCUT2D eigenvalue weighted by molar-refractivity contribution is 0.409.